The molecule has 0 aliphatic heterocycles. The Kier molecular flexibility index (Phi) is 13.5. The van der Waals surface area contributed by atoms with Gasteiger partial charge in [0.25, 0.3) is 0 Å². The molecular weight excluding hydrogens is 792 g/mol. The summed E-state index contributed by atoms with van der Waals surface area (Å²) in [4.78, 5) is 0. The van der Waals surface area contributed by atoms with Crippen molar-refractivity contribution in [1.29, 1.82) is 0 Å². The van der Waals surface area contributed by atoms with E-state index in [4.69, 9.17) is 0 Å². The van der Waals surface area contributed by atoms with Gasteiger partial charge in [0, 0.05) is 9.52 Å². The van der Waals surface area contributed by atoms with Gasteiger partial charge in [-0.05, 0) is 89.2 Å². The molecule has 58 heavy (non-hydrogen) atoms. The second kappa shape index (κ2) is 18.7. The number of aryl methyl sites for hydroxylation is 4. The molecule has 2 fully saturated rings. The molecule has 288 valence electrons. The van der Waals surface area contributed by atoms with Gasteiger partial charge in [0.05, 0.1) is 0 Å². The molecule has 2 aliphatic rings. The SMILES string of the molecule is C[Si]C.Cc1ccc(-c2ccc(-c3ccc(C)cc3)c3[cH-]c(CC4CC4)cc23)cc1.Cc1ccc(-c2ccc(-c3ccc(C)cc3)c3[cH-]c(CC4CC4)cc23)cc1.[Zr+2]. The minimum absolute atomic E-state index is 0. The van der Waals surface area contributed by atoms with Gasteiger partial charge < -0.3 is 0 Å². The van der Waals surface area contributed by atoms with Crippen molar-refractivity contribution in [2.75, 3.05) is 0 Å². The van der Waals surface area contributed by atoms with E-state index >= 15 is 0 Å². The van der Waals surface area contributed by atoms with Crippen LogP contribution in [0.5, 0.6) is 0 Å². The standard InChI is InChI=1S/2C27H25.C2H6Si.Zr/c2*1-18-3-9-22(10-4-18)24-13-14-25(23-11-5-19(2)6-12-23)27-17-21(16-26(24)27)15-20-7-8-20;1-3-2;/h2*3-6,9-14,16-17,20H,7-8,15H2,1-2H3;1-2H3;/q2*-1;;+2. The molecule has 0 bridgehead atoms. The number of benzene rings is 6. The van der Waals surface area contributed by atoms with Crippen LogP contribution in [-0.2, 0) is 39.0 Å². The van der Waals surface area contributed by atoms with E-state index in [0.717, 1.165) is 21.4 Å². The van der Waals surface area contributed by atoms with E-state index < -0.39 is 0 Å². The van der Waals surface area contributed by atoms with Crippen LogP contribution in [0, 0.1) is 39.5 Å². The number of rotatable bonds is 8. The second-order valence-electron chi connectivity index (χ2n) is 17.0. The maximum atomic E-state index is 2.44. The Hall–Kier alpha value is -4.36. The van der Waals surface area contributed by atoms with Crippen LogP contribution in [0.15, 0.2) is 146 Å². The molecule has 10 rings (SSSR count). The van der Waals surface area contributed by atoms with Gasteiger partial charge in [-0.1, -0.05) is 190 Å². The maximum absolute atomic E-state index is 2.44. The van der Waals surface area contributed by atoms with Crippen LogP contribution in [0.2, 0.25) is 13.1 Å². The van der Waals surface area contributed by atoms with Crippen molar-refractivity contribution in [3.05, 3.63) is 179 Å². The van der Waals surface area contributed by atoms with Gasteiger partial charge in [-0.2, -0.15) is 12.1 Å². The zero-order chi connectivity index (χ0) is 39.5. The van der Waals surface area contributed by atoms with Crippen molar-refractivity contribution in [1.82, 2.24) is 0 Å². The second-order valence-corrected chi connectivity index (χ2v) is 18.0. The molecule has 0 saturated heterocycles. The summed E-state index contributed by atoms with van der Waals surface area (Å²) in [6, 6.07) is 54.7. The summed E-state index contributed by atoms with van der Waals surface area (Å²) >= 11 is 0. The van der Waals surface area contributed by atoms with Gasteiger partial charge in [-0.3, -0.25) is 0 Å². The minimum atomic E-state index is 0. The average molecular weight is 848 g/mol. The Morgan fingerprint density at radius 2 is 0.672 bits per heavy atom. The van der Waals surface area contributed by atoms with Gasteiger partial charge in [0.1, 0.15) is 0 Å². The van der Waals surface area contributed by atoms with E-state index in [0.29, 0.717) is 0 Å². The third-order valence-electron chi connectivity index (χ3n) is 11.8. The maximum Gasteiger partial charge on any atom is 2.00 e. The average Bonchev–Trinajstić information content (AvgIpc) is 4.13. The van der Waals surface area contributed by atoms with Gasteiger partial charge >= 0.3 is 26.2 Å². The molecule has 0 aromatic heterocycles. The third kappa shape index (κ3) is 9.90. The van der Waals surface area contributed by atoms with Crippen molar-refractivity contribution >= 4 is 31.1 Å². The summed E-state index contributed by atoms with van der Waals surface area (Å²) in [5, 5.41) is 5.58. The molecule has 2 saturated carbocycles. The molecule has 0 N–H and O–H groups in total. The molecule has 0 amide bonds. The Morgan fingerprint density at radius 1 is 0.414 bits per heavy atom. The van der Waals surface area contributed by atoms with Crippen molar-refractivity contribution in [2.24, 2.45) is 11.8 Å². The van der Waals surface area contributed by atoms with Crippen LogP contribution < -0.4 is 0 Å². The molecule has 0 nitrogen and oxygen atoms in total. The molecule has 2 aliphatic carbocycles. The molecule has 0 spiro atoms. The summed E-state index contributed by atoms with van der Waals surface area (Å²) < 4.78 is 0. The van der Waals surface area contributed by atoms with Crippen molar-refractivity contribution in [3.8, 4) is 44.5 Å². The van der Waals surface area contributed by atoms with Crippen LogP contribution in [0.25, 0.3) is 66.1 Å². The first kappa shape index (κ1) is 41.8. The fraction of sp³-hybridized carbons (Fsp3) is 0.250. The Bertz CT molecular complexity index is 2230. The number of hydrogen-bond donors (Lipinski definition) is 0. The molecule has 0 atom stereocenters. The third-order valence-corrected chi connectivity index (χ3v) is 11.8. The molecule has 2 heteroatoms. The van der Waals surface area contributed by atoms with E-state index in [-0.39, 0.29) is 26.2 Å². The smallest absolute Gasteiger partial charge is 0.164 e. The van der Waals surface area contributed by atoms with Gasteiger partial charge in [0.2, 0.25) is 0 Å². The molecule has 0 unspecified atom stereocenters. The summed E-state index contributed by atoms with van der Waals surface area (Å²) in [6.45, 7) is 12.9. The monoisotopic (exact) mass is 846 g/mol. The summed E-state index contributed by atoms with van der Waals surface area (Å²) in [7, 11) is 1.08. The van der Waals surface area contributed by atoms with Crippen molar-refractivity contribution < 1.29 is 26.2 Å². The topological polar surface area (TPSA) is 0 Å². The van der Waals surface area contributed by atoms with E-state index in [1.807, 2.05) is 0 Å². The van der Waals surface area contributed by atoms with Crippen LogP contribution >= 0.6 is 0 Å². The minimum Gasteiger partial charge on any atom is -0.164 e. The summed E-state index contributed by atoms with van der Waals surface area (Å²) in [5.74, 6) is 1.82. The van der Waals surface area contributed by atoms with E-state index in [1.54, 1.807) is 0 Å². The normalized spacial score (nSPS) is 13.3. The van der Waals surface area contributed by atoms with Gasteiger partial charge in [0.15, 0.2) is 0 Å². The molecule has 8 aromatic carbocycles. The fourth-order valence-corrected chi connectivity index (χ4v) is 8.21. The van der Waals surface area contributed by atoms with Crippen LogP contribution in [0.4, 0.5) is 0 Å². The van der Waals surface area contributed by atoms with Gasteiger partial charge in [-0.25, -0.2) is 0 Å². The zero-order valence-electron chi connectivity index (χ0n) is 35.3. The first-order chi connectivity index (χ1) is 27.8. The largest absolute Gasteiger partial charge is 2.00 e. The van der Waals surface area contributed by atoms with Crippen molar-refractivity contribution in [3.63, 3.8) is 0 Å². The first-order valence-electron chi connectivity index (χ1n) is 21.1. The molecule has 2 radical (unpaired) electrons. The molecule has 0 heterocycles. The quantitative estimate of drug-likeness (QED) is 0.106. The zero-order valence-corrected chi connectivity index (χ0v) is 38.7. The predicted octanol–water partition coefficient (Wildman–Crippen LogP) is 15.7. The fourth-order valence-electron chi connectivity index (χ4n) is 8.21. The Labute approximate surface area is 369 Å². The van der Waals surface area contributed by atoms with Crippen molar-refractivity contribution in [2.45, 2.75) is 79.3 Å². The van der Waals surface area contributed by atoms with Crippen LogP contribution in [0.1, 0.15) is 59.1 Å². The number of fused-ring (bicyclic) bond motifs is 2. The first-order valence-corrected chi connectivity index (χ1v) is 23.1. The Balaban J connectivity index is 0.000000163. The summed E-state index contributed by atoms with van der Waals surface area (Å²) in [6.07, 6.45) is 8.06. The molecule has 8 aromatic rings. The Morgan fingerprint density at radius 3 is 0.948 bits per heavy atom. The van der Waals surface area contributed by atoms with E-state index in [9.17, 15) is 0 Å². The van der Waals surface area contributed by atoms with E-state index in [2.05, 4.69) is 186 Å². The van der Waals surface area contributed by atoms with Crippen LogP contribution in [-0.4, -0.2) is 9.52 Å². The number of hydrogen-bond acceptors (Lipinski definition) is 0. The summed E-state index contributed by atoms with van der Waals surface area (Å²) in [5.41, 5.74) is 18.9. The predicted molar refractivity (Wildman–Crippen MR) is 250 cm³/mol. The van der Waals surface area contributed by atoms with Gasteiger partial charge in [-0.15, -0.1) is 44.8 Å². The van der Waals surface area contributed by atoms with E-state index in [1.165, 1.54) is 138 Å². The van der Waals surface area contributed by atoms with Crippen LogP contribution in [0.3, 0.4) is 0 Å². The molecular formula is C56H56SiZr.